The number of methoxy groups -OCH3 is 1. The minimum atomic E-state index is -1.21. The van der Waals surface area contributed by atoms with Crippen LogP contribution >= 0.6 is 11.6 Å². The zero-order valence-corrected chi connectivity index (χ0v) is 14.1. The van der Waals surface area contributed by atoms with Crippen LogP contribution in [0.4, 0.5) is 0 Å². The number of benzene rings is 1. The summed E-state index contributed by atoms with van der Waals surface area (Å²) in [7, 11) is 1.56. The highest BCUT2D eigenvalue weighted by atomic mass is 35.5. The van der Waals surface area contributed by atoms with Crippen molar-refractivity contribution in [2.45, 2.75) is 43.5 Å². The van der Waals surface area contributed by atoms with Crippen molar-refractivity contribution in [3.05, 3.63) is 29.8 Å². The van der Waals surface area contributed by atoms with Gasteiger partial charge in [-0.15, -0.1) is 11.6 Å². The lowest BCUT2D eigenvalue weighted by molar-refractivity contribution is -0.150. The van der Waals surface area contributed by atoms with Crippen molar-refractivity contribution in [3.63, 3.8) is 0 Å². The lowest BCUT2D eigenvalue weighted by Crippen LogP contribution is -2.57. The van der Waals surface area contributed by atoms with E-state index < -0.39 is 22.8 Å². The number of carbonyl (C=O) groups excluding carboxylic acids is 1. The molecule has 0 aromatic heterocycles. The molecule has 0 aliphatic heterocycles. The number of halogens is 1. The molecule has 1 amide bonds. The predicted octanol–water partition coefficient (Wildman–Crippen LogP) is 3.12. The maximum Gasteiger partial charge on any atom is 0.329 e. The molecule has 3 unspecified atom stereocenters. The monoisotopic (exact) mass is 339 g/mol. The number of nitrogens with one attached hydrogen (secondary N) is 1. The first kappa shape index (κ1) is 17.6. The number of amides is 1. The summed E-state index contributed by atoms with van der Waals surface area (Å²) in [5.74, 6) is -0.541. The fourth-order valence-corrected chi connectivity index (χ4v) is 3.34. The summed E-state index contributed by atoms with van der Waals surface area (Å²) in [5, 5.41) is 11.4. The Balaban J connectivity index is 2.12. The number of alkyl halides is 1. The number of rotatable bonds is 5. The summed E-state index contributed by atoms with van der Waals surface area (Å²) >= 11 is 6.23. The number of ether oxygens (including phenoxy) is 1. The van der Waals surface area contributed by atoms with E-state index in [0.29, 0.717) is 24.2 Å². The second-order valence-corrected chi connectivity index (χ2v) is 6.65. The lowest BCUT2D eigenvalue weighted by Gasteiger charge is -2.37. The molecule has 5 nitrogen and oxygen atoms in total. The Kier molecular flexibility index (Phi) is 5.52. The van der Waals surface area contributed by atoms with E-state index in [-0.39, 0.29) is 5.92 Å². The van der Waals surface area contributed by atoms with E-state index in [9.17, 15) is 14.7 Å². The first-order chi connectivity index (χ1) is 10.9. The maximum absolute atomic E-state index is 12.4. The van der Waals surface area contributed by atoms with Crippen molar-refractivity contribution in [1.29, 1.82) is 0 Å². The van der Waals surface area contributed by atoms with Crippen LogP contribution in [-0.4, -0.2) is 29.6 Å². The van der Waals surface area contributed by atoms with Crippen molar-refractivity contribution >= 4 is 23.5 Å². The molecule has 2 rings (SSSR count). The molecule has 0 bridgehead atoms. The van der Waals surface area contributed by atoms with Crippen LogP contribution in [0.5, 0.6) is 5.75 Å². The number of aliphatic carboxylic acids is 1. The van der Waals surface area contributed by atoms with E-state index in [4.69, 9.17) is 16.3 Å². The summed E-state index contributed by atoms with van der Waals surface area (Å²) < 4.78 is 5.07. The average molecular weight is 340 g/mol. The van der Waals surface area contributed by atoms with E-state index >= 15 is 0 Å². The molecule has 126 valence electrons. The fourth-order valence-electron chi connectivity index (χ4n) is 3.14. The van der Waals surface area contributed by atoms with Gasteiger partial charge in [0, 0.05) is 0 Å². The van der Waals surface area contributed by atoms with E-state index in [0.717, 1.165) is 12.8 Å². The largest absolute Gasteiger partial charge is 0.497 e. The van der Waals surface area contributed by atoms with Gasteiger partial charge in [-0.3, -0.25) is 4.79 Å². The predicted molar refractivity (Wildman–Crippen MR) is 87.7 cm³/mol. The molecule has 1 saturated carbocycles. The smallest absolute Gasteiger partial charge is 0.329 e. The van der Waals surface area contributed by atoms with Gasteiger partial charge in [0.2, 0.25) is 5.91 Å². The Morgan fingerprint density at radius 3 is 2.57 bits per heavy atom. The van der Waals surface area contributed by atoms with Crippen molar-refractivity contribution in [2.75, 3.05) is 7.11 Å². The highest BCUT2D eigenvalue weighted by Gasteiger charge is 2.44. The topological polar surface area (TPSA) is 75.6 Å². The summed E-state index contributed by atoms with van der Waals surface area (Å²) in [6.07, 6.45) is 2.63. The molecule has 0 radical (unpaired) electrons. The molecular formula is C17H22ClNO4. The minimum absolute atomic E-state index is 0.259. The molecule has 3 atom stereocenters. The fraction of sp³-hybridized carbons (Fsp3) is 0.529. The van der Waals surface area contributed by atoms with Crippen LogP contribution in [0.2, 0.25) is 0 Å². The molecule has 1 fully saturated rings. The Morgan fingerprint density at radius 1 is 1.39 bits per heavy atom. The molecule has 1 aliphatic rings. The zero-order valence-electron chi connectivity index (χ0n) is 13.3. The van der Waals surface area contributed by atoms with Crippen molar-refractivity contribution in [3.8, 4) is 5.75 Å². The highest BCUT2D eigenvalue weighted by Crippen LogP contribution is 2.34. The maximum atomic E-state index is 12.4. The number of carboxylic acids is 1. The van der Waals surface area contributed by atoms with E-state index in [1.54, 1.807) is 31.4 Å². The number of hydrogen-bond donors (Lipinski definition) is 2. The molecule has 1 aromatic rings. The minimum Gasteiger partial charge on any atom is -0.497 e. The van der Waals surface area contributed by atoms with E-state index in [2.05, 4.69) is 5.32 Å². The quantitative estimate of drug-likeness (QED) is 0.808. The van der Waals surface area contributed by atoms with Gasteiger partial charge in [0.05, 0.1) is 7.11 Å². The van der Waals surface area contributed by atoms with E-state index in [1.165, 1.54) is 0 Å². The third-order valence-electron chi connectivity index (χ3n) is 4.41. The summed E-state index contributed by atoms with van der Waals surface area (Å²) in [6, 6.07) is 6.83. The first-order valence-electron chi connectivity index (χ1n) is 7.71. The molecule has 0 heterocycles. The Labute approximate surface area is 141 Å². The van der Waals surface area contributed by atoms with Gasteiger partial charge >= 0.3 is 5.97 Å². The summed E-state index contributed by atoms with van der Waals surface area (Å²) in [6.45, 7) is 2.00. The molecule has 0 saturated heterocycles. The molecule has 0 spiro atoms. The number of carbonyl (C=O) groups is 2. The second-order valence-electron chi connectivity index (χ2n) is 6.21. The van der Waals surface area contributed by atoms with Crippen molar-refractivity contribution in [2.24, 2.45) is 5.92 Å². The Hall–Kier alpha value is -1.75. The molecule has 2 N–H and O–H groups in total. The third kappa shape index (κ3) is 3.96. The van der Waals surface area contributed by atoms with Crippen LogP contribution < -0.4 is 10.1 Å². The zero-order chi connectivity index (χ0) is 17.0. The number of carboxylic acid groups (broad SMARTS) is 1. The standard InChI is InChI=1S/C17H22ClNO4/c1-11-4-3-9-17(10-11,16(21)22)19-15(20)14(18)12-5-7-13(23-2)8-6-12/h5-8,11,14H,3-4,9-10H2,1-2H3,(H,19,20)(H,21,22). The third-order valence-corrected chi connectivity index (χ3v) is 4.86. The Morgan fingerprint density at radius 2 is 2.04 bits per heavy atom. The number of hydrogen-bond acceptors (Lipinski definition) is 3. The van der Waals surface area contributed by atoms with Gasteiger partial charge in [-0.25, -0.2) is 4.79 Å². The van der Waals surface area contributed by atoms with Gasteiger partial charge in [-0.2, -0.15) is 0 Å². The molecule has 1 aliphatic carbocycles. The molecule has 1 aromatic carbocycles. The first-order valence-corrected chi connectivity index (χ1v) is 8.15. The van der Waals surface area contributed by atoms with Gasteiger partial charge in [0.1, 0.15) is 16.7 Å². The van der Waals surface area contributed by atoms with Gasteiger partial charge in [0.25, 0.3) is 0 Å². The van der Waals surface area contributed by atoms with Crippen LogP contribution in [0.25, 0.3) is 0 Å². The van der Waals surface area contributed by atoms with Crippen molar-refractivity contribution in [1.82, 2.24) is 5.32 Å². The van der Waals surface area contributed by atoms with Crippen LogP contribution in [0, 0.1) is 5.92 Å². The van der Waals surface area contributed by atoms with Gasteiger partial charge in [-0.1, -0.05) is 31.9 Å². The van der Waals surface area contributed by atoms with Gasteiger partial charge < -0.3 is 15.2 Å². The van der Waals surface area contributed by atoms with Crippen LogP contribution in [0.15, 0.2) is 24.3 Å². The van der Waals surface area contributed by atoms with Crippen LogP contribution in [0.1, 0.15) is 43.5 Å². The molecule has 23 heavy (non-hydrogen) atoms. The lowest BCUT2D eigenvalue weighted by atomic mass is 9.76. The summed E-state index contributed by atoms with van der Waals surface area (Å²) in [4.78, 5) is 24.2. The van der Waals surface area contributed by atoms with Gasteiger partial charge in [0.15, 0.2) is 0 Å². The second kappa shape index (κ2) is 7.21. The molecule has 6 heteroatoms. The van der Waals surface area contributed by atoms with E-state index in [1.807, 2.05) is 6.92 Å². The van der Waals surface area contributed by atoms with Crippen molar-refractivity contribution < 1.29 is 19.4 Å². The normalized spacial score (nSPS) is 25.4. The average Bonchev–Trinajstić information content (AvgIpc) is 2.54. The van der Waals surface area contributed by atoms with Crippen LogP contribution in [-0.2, 0) is 9.59 Å². The van der Waals surface area contributed by atoms with Gasteiger partial charge in [-0.05, 0) is 36.5 Å². The SMILES string of the molecule is COc1ccc(C(Cl)C(=O)NC2(C(=O)O)CCCC(C)C2)cc1. The Bertz CT molecular complexity index is 574. The summed E-state index contributed by atoms with van der Waals surface area (Å²) in [5.41, 5.74) is -0.608. The highest BCUT2D eigenvalue weighted by molar-refractivity contribution is 6.31. The van der Waals surface area contributed by atoms with Crippen LogP contribution in [0.3, 0.4) is 0 Å². The molecular weight excluding hydrogens is 318 g/mol.